The van der Waals surface area contributed by atoms with E-state index in [0.717, 1.165) is 39.1 Å². The van der Waals surface area contributed by atoms with E-state index in [2.05, 4.69) is 59.3 Å². The molecule has 0 spiro atoms. The van der Waals surface area contributed by atoms with Crippen molar-refractivity contribution in [2.75, 3.05) is 32.7 Å². The van der Waals surface area contributed by atoms with Gasteiger partial charge >= 0.3 is 0 Å². The molecule has 2 rings (SSSR count). The first-order valence-corrected chi connectivity index (χ1v) is 7.95. The number of amides is 1. The lowest BCUT2D eigenvalue weighted by molar-refractivity contribution is -0.123. The zero-order valence-electron chi connectivity index (χ0n) is 13.2. The van der Waals surface area contributed by atoms with Gasteiger partial charge in [0.2, 0.25) is 5.91 Å². The number of carbonyl (C=O) groups is 1. The maximum absolute atomic E-state index is 11.9. The maximum atomic E-state index is 11.9. The molecular formula is C17H27N3O. The monoisotopic (exact) mass is 289 g/mol. The Morgan fingerprint density at radius 2 is 1.76 bits per heavy atom. The molecule has 1 aliphatic heterocycles. The molecule has 1 saturated heterocycles. The van der Waals surface area contributed by atoms with Crippen molar-refractivity contribution in [3.8, 4) is 0 Å². The topological polar surface area (TPSA) is 35.6 Å². The fraction of sp³-hybridized carbons (Fsp3) is 0.588. The van der Waals surface area contributed by atoms with Gasteiger partial charge in [0.15, 0.2) is 0 Å². The number of carbonyl (C=O) groups excluding carboxylic acids is 1. The average molecular weight is 289 g/mol. The first kappa shape index (κ1) is 16.0. The molecule has 1 fully saturated rings. The Morgan fingerprint density at radius 1 is 1.14 bits per heavy atom. The van der Waals surface area contributed by atoms with Gasteiger partial charge < -0.3 is 5.32 Å². The summed E-state index contributed by atoms with van der Waals surface area (Å²) in [6, 6.07) is 10.8. The van der Waals surface area contributed by atoms with Crippen LogP contribution in [-0.2, 0) is 11.3 Å². The number of nitrogens with zero attached hydrogens (tertiary/aromatic N) is 2. The average Bonchev–Trinajstić information content (AvgIpc) is 2.50. The highest BCUT2D eigenvalue weighted by molar-refractivity contribution is 5.78. The van der Waals surface area contributed by atoms with Crippen LogP contribution in [0.15, 0.2) is 30.3 Å². The normalized spacial score (nSPS) is 18.4. The second-order valence-corrected chi connectivity index (χ2v) is 5.91. The summed E-state index contributed by atoms with van der Waals surface area (Å²) in [5.41, 5.74) is 1.36. The molecule has 1 aliphatic rings. The summed E-state index contributed by atoms with van der Waals surface area (Å²) in [5.74, 6) is 0.154. The van der Waals surface area contributed by atoms with Crippen LogP contribution in [0.2, 0.25) is 0 Å². The van der Waals surface area contributed by atoms with E-state index in [1.807, 2.05) is 0 Å². The van der Waals surface area contributed by atoms with Crippen LogP contribution in [0.25, 0.3) is 0 Å². The van der Waals surface area contributed by atoms with Crippen molar-refractivity contribution >= 4 is 5.91 Å². The van der Waals surface area contributed by atoms with E-state index < -0.39 is 0 Å². The lowest BCUT2D eigenvalue weighted by Crippen LogP contribution is -2.49. The van der Waals surface area contributed by atoms with Gasteiger partial charge in [0.25, 0.3) is 0 Å². The second-order valence-electron chi connectivity index (χ2n) is 5.91. The third-order valence-electron chi connectivity index (χ3n) is 4.10. The largest absolute Gasteiger partial charge is 0.353 e. The van der Waals surface area contributed by atoms with E-state index in [1.165, 1.54) is 5.56 Å². The molecule has 4 heteroatoms. The third-order valence-corrected chi connectivity index (χ3v) is 4.10. The summed E-state index contributed by atoms with van der Waals surface area (Å²) in [4.78, 5) is 16.6. The van der Waals surface area contributed by atoms with Gasteiger partial charge in [-0.2, -0.15) is 0 Å². The molecule has 21 heavy (non-hydrogen) atoms. The lowest BCUT2D eigenvalue weighted by atomic mass is 10.2. The Morgan fingerprint density at radius 3 is 2.38 bits per heavy atom. The zero-order chi connectivity index (χ0) is 15.1. The SMILES string of the molecule is CCC(C)NC(=O)CN1CCN(Cc2ccccc2)CC1. The van der Waals surface area contributed by atoms with Gasteiger partial charge in [-0.05, 0) is 18.9 Å². The standard InChI is InChI=1S/C17H27N3O/c1-3-15(2)18-17(21)14-20-11-9-19(10-12-20)13-16-7-5-4-6-8-16/h4-8,15H,3,9-14H2,1-2H3,(H,18,21). The zero-order valence-corrected chi connectivity index (χ0v) is 13.2. The van der Waals surface area contributed by atoms with E-state index in [4.69, 9.17) is 0 Å². The number of rotatable bonds is 6. The molecule has 1 amide bonds. The maximum Gasteiger partial charge on any atom is 0.234 e. The Labute approximate surface area is 128 Å². The van der Waals surface area contributed by atoms with Crippen molar-refractivity contribution in [1.82, 2.24) is 15.1 Å². The summed E-state index contributed by atoms with van der Waals surface area (Å²) in [6.45, 7) is 9.69. The summed E-state index contributed by atoms with van der Waals surface area (Å²) >= 11 is 0. The first-order valence-electron chi connectivity index (χ1n) is 7.95. The molecule has 0 saturated carbocycles. The molecule has 4 nitrogen and oxygen atoms in total. The van der Waals surface area contributed by atoms with Crippen LogP contribution in [-0.4, -0.2) is 54.5 Å². The summed E-state index contributed by atoms with van der Waals surface area (Å²) < 4.78 is 0. The minimum atomic E-state index is 0.154. The van der Waals surface area contributed by atoms with Gasteiger partial charge in [-0.15, -0.1) is 0 Å². The molecule has 1 N–H and O–H groups in total. The first-order chi connectivity index (χ1) is 10.2. The summed E-state index contributed by atoms with van der Waals surface area (Å²) in [6.07, 6.45) is 0.983. The Bertz CT molecular complexity index is 427. The van der Waals surface area contributed by atoms with Crippen molar-refractivity contribution in [1.29, 1.82) is 0 Å². The van der Waals surface area contributed by atoms with Crippen molar-refractivity contribution in [3.05, 3.63) is 35.9 Å². The molecule has 0 aliphatic carbocycles. The predicted octanol–water partition coefficient (Wildman–Crippen LogP) is 1.72. The van der Waals surface area contributed by atoms with Gasteiger partial charge in [-0.3, -0.25) is 14.6 Å². The van der Waals surface area contributed by atoms with Gasteiger partial charge in [-0.1, -0.05) is 37.3 Å². The van der Waals surface area contributed by atoms with Crippen molar-refractivity contribution in [2.45, 2.75) is 32.9 Å². The van der Waals surface area contributed by atoms with E-state index in [0.29, 0.717) is 6.54 Å². The van der Waals surface area contributed by atoms with Crippen LogP contribution >= 0.6 is 0 Å². The van der Waals surface area contributed by atoms with Crippen LogP contribution in [0.5, 0.6) is 0 Å². The number of piperazine rings is 1. The molecule has 1 aromatic rings. The summed E-state index contributed by atoms with van der Waals surface area (Å²) in [7, 11) is 0. The van der Waals surface area contributed by atoms with Gasteiger partial charge in [-0.25, -0.2) is 0 Å². The van der Waals surface area contributed by atoms with Crippen LogP contribution in [0.3, 0.4) is 0 Å². The Balaban J connectivity index is 1.69. The minimum absolute atomic E-state index is 0.154. The smallest absolute Gasteiger partial charge is 0.234 e. The van der Waals surface area contributed by atoms with Gasteiger partial charge in [0.1, 0.15) is 0 Å². The molecular weight excluding hydrogens is 262 g/mol. The van der Waals surface area contributed by atoms with Crippen molar-refractivity contribution in [3.63, 3.8) is 0 Å². The fourth-order valence-electron chi connectivity index (χ4n) is 2.57. The van der Waals surface area contributed by atoms with Gasteiger partial charge in [0, 0.05) is 38.8 Å². The molecule has 1 atom stereocenters. The van der Waals surface area contributed by atoms with E-state index in [9.17, 15) is 4.79 Å². The highest BCUT2D eigenvalue weighted by Gasteiger charge is 2.19. The number of hydrogen-bond donors (Lipinski definition) is 1. The van der Waals surface area contributed by atoms with Crippen molar-refractivity contribution in [2.24, 2.45) is 0 Å². The number of nitrogens with one attached hydrogen (secondary N) is 1. The molecule has 1 heterocycles. The van der Waals surface area contributed by atoms with E-state index >= 15 is 0 Å². The molecule has 1 unspecified atom stereocenters. The van der Waals surface area contributed by atoms with Gasteiger partial charge in [0.05, 0.1) is 6.54 Å². The van der Waals surface area contributed by atoms with Crippen LogP contribution < -0.4 is 5.32 Å². The van der Waals surface area contributed by atoms with Crippen molar-refractivity contribution < 1.29 is 4.79 Å². The quantitative estimate of drug-likeness (QED) is 0.866. The van der Waals surface area contributed by atoms with E-state index in [-0.39, 0.29) is 11.9 Å². The third kappa shape index (κ3) is 5.48. The lowest BCUT2D eigenvalue weighted by Gasteiger charge is -2.34. The highest BCUT2D eigenvalue weighted by Crippen LogP contribution is 2.08. The molecule has 0 aromatic heterocycles. The second kappa shape index (κ2) is 8.15. The predicted molar refractivity (Wildman–Crippen MR) is 86.1 cm³/mol. The summed E-state index contributed by atoms with van der Waals surface area (Å²) in [5, 5.41) is 3.03. The molecule has 1 aromatic carbocycles. The van der Waals surface area contributed by atoms with Crippen LogP contribution in [0.1, 0.15) is 25.8 Å². The Kier molecular flexibility index (Phi) is 6.21. The molecule has 0 bridgehead atoms. The molecule has 0 radical (unpaired) electrons. The van der Waals surface area contributed by atoms with Crippen LogP contribution in [0.4, 0.5) is 0 Å². The Hall–Kier alpha value is -1.39. The highest BCUT2D eigenvalue weighted by atomic mass is 16.2. The number of hydrogen-bond acceptors (Lipinski definition) is 3. The fourth-order valence-corrected chi connectivity index (χ4v) is 2.57. The number of benzene rings is 1. The van der Waals surface area contributed by atoms with E-state index in [1.54, 1.807) is 0 Å². The minimum Gasteiger partial charge on any atom is -0.353 e. The van der Waals surface area contributed by atoms with Crippen LogP contribution in [0, 0.1) is 0 Å². The molecule has 116 valence electrons.